The average molecular weight is 180 g/mol. The van der Waals surface area contributed by atoms with Crippen LogP contribution in [0, 0.1) is 0 Å². The van der Waals surface area contributed by atoms with E-state index in [0.717, 1.165) is 6.42 Å². The zero-order valence-corrected chi connectivity index (χ0v) is 5.75. The minimum Gasteiger partial charge on any atom is -0.396 e. The van der Waals surface area contributed by atoms with Gasteiger partial charge in [-0.1, -0.05) is 21.3 Å². The Morgan fingerprint density at radius 3 is 2.17 bits per heavy atom. The van der Waals surface area contributed by atoms with Crippen molar-refractivity contribution in [2.45, 2.75) is 40.5 Å². The van der Waals surface area contributed by atoms with E-state index in [2.05, 4.69) is 4.89 Å². The van der Waals surface area contributed by atoms with E-state index in [-0.39, 0.29) is 27.9 Å². The minimum atomic E-state index is -0.613. The van der Waals surface area contributed by atoms with Crippen molar-refractivity contribution in [1.82, 2.24) is 0 Å². The molecule has 2 N–H and O–H groups in total. The van der Waals surface area contributed by atoms with Crippen LogP contribution in [-0.4, -0.2) is 22.9 Å². The van der Waals surface area contributed by atoms with Gasteiger partial charge in [0.1, 0.15) is 0 Å². The van der Waals surface area contributed by atoms with Crippen LogP contribution in [0.4, 0.5) is 0 Å². The fourth-order valence-corrected chi connectivity index (χ4v) is 0.604. The minimum absolute atomic E-state index is 0. The van der Waals surface area contributed by atoms with E-state index in [1.54, 1.807) is 0 Å². The van der Waals surface area contributed by atoms with Crippen LogP contribution in [0.5, 0.6) is 0 Å². The third-order valence-electron chi connectivity index (χ3n) is 1.14. The number of carbonyl (C=O) groups is 1. The lowest BCUT2D eigenvalue weighted by Crippen LogP contribution is -1.99. The summed E-state index contributed by atoms with van der Waals surface area (Å²) in [5.74, 6) is -0.613. The van der Waals surface area contributed by atoms with Crippen LogP contribution in [0.2, 0.25) is 0 Å². The van der Waals surface area contributed by atoms with Gasteiger partial charge in [0.15, 0.2) is 0 Å². The average Bonchev–Trinajstić information content (AvgIpc) is 1.98. The molecule has 0 saturated carbocycles. The molecular weight excluding hydrogens is 160 g/mol. The molecule has 0 amide bonds. The maximum absolute atomic E-state index is 10.2. The zero-order chi connectivity index (χ0) is 7.82. The van der Waals surface area contributed by atoms with Gasteiger partial charge in [-0.2, -0.15) is 5.26 Å². The van der Waals surface area contributed by atoms with Crippen LogP contribution < -0.4 is 0 Å². The lowest BCUT2D eigenvalue weighted by molar-refractivity contribution is -0.234. The van der Waals surface area contributed by atoms with Gasteiger partial charge in [-0.05, 0) is 12.8 Å². The van der Waals surface area contributed by atoms with Gasteiger partial charge in [0, 0.05) is 13.0 Å². The first-order valence-electron chi connectivity index (χ1n) is 3.26. The highest BCUT2D eigenvalue weighted by Gasteiger charge is 1.99. The second-order valence-corrected chi connectivity index (χ2v) is 2.00. The molecule has 76 valence electrons. The number of aliphatic hydroxyl groups is 1. The topological polar surface area (TPSA) is 66.8 Å². The van der Waals surface area contributed by atoms with E-state index in [0.29, 0.717) is 12.8 Å². The summed E-state index contributed by atoms with van der Waals surface area (Å²) in [6.45, 7) is 0.147. The quantitative estimate of drug-likeness (QED) is 0.385. The summed E-state index contributed by atoms with van der Waals surface area (Å²) in [5.41, 5.74) is 0. The Morgan fingerprint density at radius 2 is 1.75 bits per heavy atom. The van der Waals surface area contributed by atoms with Crippen molar-refractivity contribution in [3.05, 3.63) is 0 Å². The van der Waals surface area contributed by atoms with E-state index in [9.17, 15) is 4.79 Å². The molecule has 12 heavy (non-hydrogen) atoms. The molecule has 0 aromatic rings. The SMILES string of the molecule is C.C.O=C(CCCCCO)OO. The molecule has 0 fully saturated rings. The van der Waals surface area contributed by atoms with Gasteiger partial charge in [-0.25, -0.2) is 4.79 Å². The van der Waals surface area contributed by atoms with Gasteiger partial charge in [0.2, 0.25) is 0 Å². The Bertz CT molecular complexity index is 93.1. The molecule has 0 unspecified atom stereocenters. The van der Waals surface area contributed by atoms with Crippen molar-refractivity contribution in [1.29, 1.82) is 0 Å². The molecule has 0 aliphatic rings. The second-order valence-electron chi connectivity index (χ2n) is 2.00. The highest BCUT2D eigenvalue weighted by molar-refractivity contribution is 5.68. The molecule has 0 spiro atoms. The molecule has 0 aromatic carbocycles. The third-order valence-corrected chi connectivity index (χ3v) is 1.14. The fourth-order valence-electron chi connectivity index (χ4n) is 0.604. The van der Waals surface area contributed by atoms with E-state index in [4.69, 9.17) is 10.4 Å². The summed E-state index contributed by atoms with van der Waals surface area (Å²) in [7, 11) is 0. The molecule has 0 rings (SSSR count). The maximum Gasteiger partial charge on any atom is 0.342 e. The van der Waals surface area contributed by atoms with Crippen LogP contribution in [0.15, 0.2) is 0 Å². The molecule has 0 bridgehead atoms. The van der Waals surface area contributed by atoms with Crippen LogP contribution in [0.1, 0.15) is 40.5 Å². The number of hydrogen-bond acceptors (Lipinski definition) is 4. The Hall–Kier alpha value is -0.610. The highest BCUT2D eigenvalue weighted by atomic mass is 17.1. The van der Waals surface area contributed by atoms with Gasteiger partial charge in [0.25, 0.3) is 0 Å². The molecule has 0 radical (unpaired) electrons. The summed E-state index contributed by atoms with van der Waals surface area (Å²) >= 11 is 0. The monoisotopic (exact) mass is 180 g/mol. The summed E-state index contributed by atoms with van der Waals surface area (Å²) < 4.78 is 0. The fraction of sp³-hybridized carbons (Fsp3) is 0.875. The molecule has 0 saturated heterocycles. The van der Waals surface area contributed by atoms with E-state index in [1.807, 2.05) is 0 Å². The van der Waals surface area contributed by atoms with Crippen LogP contribution in [-0.2, 0) is 9.68 Å². The first kappa shape index (κ1) is 17.5. The van der Waals surface area contributed by atoms with Crippen molar-refractivity contribution in [3.8, 4) is 0 Å². The first-order valence-corrected chi connectivity index (χ1v) is 3.26. The summed E-state index contributed by atoms with van der Waals surface area (Å²) in [6, 6.07) is 0. The van der Waals surface area contributed by atoms with E-state index >= 15 is 0 Å². The maximum atomic E-state index is 10.2. The number of hydrogen-bond donors (Lipinski definition) is 2. The lowest BCUT2D eigenvalue weighted by Gasteiger charge is -1.95. The number of unbranched alkanes of at least 4 members (excludes halogenated alkanes) is 2. The van der Waals surface area contributed by atoms with Crippen molar-refractivity contribution < 1.29 is 20.0 Å². The van der Waals surface area contributed by atoms with Crippen molar-refractivity contribution in [3.63, 3.8) is 0 Å². The molecular formula is C8H20O4. The number of carbonyl (C=O) groups excluding carboxylic acids is 1. The summed E-state index contributed by atoms with van der Waals surface area (Å²) in [6.07, 6.45) is 2.35. The molecule has 0 aliphatic heterocycles. The van der Waals surface area contributed by atoms with Crippen molar-refractivity contribution in [2.75, 3.05) is 6.61 Å². The summed E-state index contributed by atoms with van der Waals surface area (Å²) in [5, 5.41) is 16.1. The van der Waals surface area contributed by atoms with Gasteiger partial charge >= 0.3 is 5.97 Å². The Balaban J connectivity index is -0.000000405. The smallest absolute Gasteiger partial charge is 0.342 e. The van der Waals surface area contributed by atoms with Crippen molar-refractivity contribution in [2.24, 2.45) is 0 Å². The van der Waals surface area contributed by atoms with E-state index < -0.39 is 5.97 Å². The van der Waals surface area contributed by atoms with E-state index in [1.165, 1.54) is 0 Å². The lowest BCUT2D eigenvalue weighted by atomic mass is 10.2. The van der Waals surface area contributed by atoms with Crippen LogP contribution in [0.25, 0.3) is 0 Å². The molecule has 0 atom stereocenters. The van der Waals surface area contributed by atoms with Gasteiger partial charge in [-0.3, -0.25) is 0 Å². The first-order chi connectivity index (χ1) is 4.81. The molecule has 0 aromatic heterocycles. The zero-order valence-electron chi connectivity index (χ0n) is 5.75. The second kappa shape index (κ2) is 13.0. The van der Waals surface area contributed by atoms with Crippen molar-refractivity contribution >= 4 is 5.97 Å². The van der Waals surface area contributed by atoms with Gasteiger partial charge in [-0.15, -0.1) is 0 Å². The molecule has 4 nitrogen and oxygen atoms in total. The Kier molecular flexibility index (Phi) is 18.9. The molecule has 0 aliphatic carbocycles. The Labute approximate surface area is 74.1 Å². The third kappa shape index (κ3) is 12.1. The van der Waals surface area contributed by atoms with Crippen LogP contribution in [0.3, 0.4) is 0 Å². The standard InChI is InChI=1S/C6H12O4.2CH4/c7-5-3-1-2-4-6(8)10-9;;/h7,9H,1-5H2;2*1H4. The Morgan fingerprint density at radius 1 is 1.17 bits per heavy atom. The molecule has 0 heterocycles. The summed E-state index contributed by atoms with van der Waals surface area (Å²) in [4.78, 5) is 13.7. The molecule has 4 heteroatoms. The van der Waals surface area contributed by atoms with Crippen LogP contribution >= 0.6 is 0 Å². The normalized spacial score (nSPS) is 7.83. The number of aliphatic hydroxyl groups excluding tert-OH is 1. The number of rotatable bonds is 5. The van der Waals surface area contributed by atoms with Gasteiger partial charge < -0.3 is 9.99 Å². The predicted molar refractivity (Wildman–Crippen MR) is 47.7 cm³/mol. The predicted octanol–water partition coefficient (Wildman–Crippen LogP) is 1.83. The van der Waals surface area contributed by atoms with Gasteiger partial charge in [0.05, 0.1) is 0 Å². The highest BCUT2D eigenvalue weighted by Crippen LogP contribution is 1.99. The largest absolute Gasteiger partial charge is 0.396 e.